The summed E-state index contributed by atoms with van der Waals surface area (Å²) in [4.78, 5) is 4.53. The number of hydrogen-bond donors (Lipinski definition) is 1. The summed E-state index contributed by atoms with van der Waals surface area (Å²) in [6.45, 7) is 2.45. The second-order valence-corrected chi connectivity index (χ2v) is 4.93. The molecule has 0 aliphatic heterocycles. The molecular weight excluding hydrogens is 235 g/mol. The summed E-state index contributed by atoms with van der Waals surface area (Å²) in [6, 6.07) is 5.09. The summed E-state index contributed by atoms with van der Waals surface area (Å²) in [7, 11) is 0. The van der Waals surface area contributed by atoms with Gasteiger partial charge in [0.2, 0.25) is 0 Å². The maximum Gasteiger partial charge on any atom is 0.126 e. The van der Waals surface area contributed by atoms with Gasteiger partial charge in [-0.15, -0.1) is 11.3 Å². The van der Waals surface area contributed by atoms with Gasteiger partial charge in [-0.25, -0.2) is 9.37 Å². The molecule has 0 unspecified atom stereocenters. The van der Waals surface area contributed by atoms with Crippen LogP contribution in [0, 0.1) is 12.7 Å². The summed E-state index contributed by atoms with van der Waals surface area (Å²) < 4.78 is 13.2. The summed E-state index contributed by atoms with van der Waals surface area (Å²) in [5.74, 6) is -0.174. The van der Waals surface area contributed by atoms with Crippen molar-refractivity contribution in [2.24, 2.45) is 5.73 Å². The van der Waals surface area contributed by atoms with E-state index in [9.17, 15) is 4.39 Å². The van der Waals surface area contributed by atoms with Gasteiger partial charge in [-0.3, -0.25) is 0 Å². The molecule has 0 saturated carbocycles. The van der Waals surface area contributed by atoms with E-state index in [2.05, 4.69) is 4.98 Å². The lowest BCUT2D eigenvalue weighted by atomic mass is 10.1. The number of halogens is 1. The van der Waals surface area contributed by atoms with Crippen LogP contribution in [0.25, 0.3) is 11.3 Å². The first-order valence-electron chi connectivity index (χ1n) is 5.61. The molecule has 90 valence electrons. The minimum absolute atomic E-state index is 0.174. The summed E-state index contributed by atoms with van der Waals surface area (Å²) in [6.07, 6.45) is 1.87. The Hall–Kier alpha value is -1.26. The Bertz CT molecular complexity index is 508. The maximum atomic E-state index is 13.2. The van der Waals surface area contributed by atoms with Crippen molar-refractivity contribution < 1.29 is 4.39 Å². The average molecular weight is 250 g/mol. The Morgan fingerprint density at radius 2 is 2.24 bits per heavy atom. The first kappa shape index (κ1) is 12.2. The summed E-state index contributed by atoms with van der Waals surface area (Å²) in [5.41, 5.74) is 8.01. The molecule has 1 aromatic carbocycles. The van der Waals surface area contributed by atoms with Crippen LogP contribution in [0.4, 0.5) is 4.39 Å². The zero-order chi connectivity index (χ0) is 12.3. The van der Waals surface area contributed by atoms with E-state index in [0.717, 1.165) is 29.1 Å². The third-order valence-corrected chi connectivity index (χ3v) is 3.51. The van der Waals surface area contributed by atoms with Crippen molar-refractivity contribution in [3.63, 3.8) is 0 Å². The highest BCUT2D eigenvalue weighted by atomic mass is 32.1. The fourth-order valence-corrected chi connectivity index (χ4v) is 2.47. The molecule has 0 atom stereocenters. The maximum absolute atomic E-state index is 13.2. The highest BCUT2D eigenvalue weighted by Gasteiger charge is 2.06. The number of rotatable bonds is 4. The van der Waals surface area contributed by atoms with Crippen molar-refractivity contribution in [2.75, 3.05) is 6.54 Å². The fourth-order valence-electron chi connectivity index (χ4n) is 1.62. The van der Waals surface area contributed by atoms with Gasteiger partial charge in [0.05, 0.1) is 10.7 Å². The Balaban J connectivity index is 2.21. The van der Waals surface area contributed by atoms with Crippen LogP contribution in [0.1, 0.15) is 17.0 Å². The second-order valence-electron chi connectivity index (χ2n) is 3.98. The first-order valence-corrected chi connectivity index (χ1v) is 6.49. The van der Waals surface area contributed by atoms with Gasteiger partial charge in [0.15, 0.2) is 0 Å². The molecule has 0 spiro atoms. The van der Waals surface area contributed by atoms with E-state index in [4.69, 9.17) is 5.73 Å². The molecular formula is C13H15FN2S. The molecule has 0 amide bonds. The molecule has 1 heterocycles. The normalized spacial score (nSPS) is 10.8. The van der Waals surface area contributed by atoms with E-state index in [0.29, 0.717) is 12.1 Å². The van der Waals surface area contributed by atoms with Crippen LogP contribution in [0.2, 0.25) is 0 Å². The molecule has 0 saturated heterocycles. The molecule has 0 aliphatic carbocycles. The first-order chi connectivity index (χ1) is 8.20. The van der Waals surface area contributed by atoms with E-state index >= 15 is 0 Å². The smallest absolute Gasteiger partial charge is 0.126 e. The van der Waals surface area contributed by atoms with Gasteiger partial charge in [0.25, 0.3) is 0 Å². The van der Waals surface area contributed by atoms with E-state index in [-0.39, 0.29) is 5.82 Å². The fraction of sp³-hybridized carbons (Fsp3) is 0.308. The molecule has 17 heavy (non-hydrogen) atoms. The molecule has 0 fully saturated rings. The lowest BCUT2D eigenvalue weighted by Gasteiger charge is -2.00. The van der Waals surface area contributed by atoms with Gasteiger partial charge in [-0.1, -0.05) is 0 Å². The van der Waals surface area contributed by atoms with Gasteiger partial charge >= 0.3 is 0 Å². The quantitative estimate of drug-likeness (QED) is 0.905. The van der Waals surface area contributed by atoms with Crippen LogP contribution in [0.5, 0.6) is 0 Å². The molecule has 2 aromatic rings. The van der Waals surface area contributed by atoms with Gasteiger partial charge in [0, 0.05) is 17.4 Å². The number of nitrogens with zero attached hydrogens (tertiary/aromatic N) is 1. The molecule has 0 bridgehead atoms. The number of aromatic nitrogens is 1. The van der Waals surface area contributed by atoms with Gasteiger partial charge in [-0.2, -0.15) is 0 Å². The van der Waals surface area contributed by atoms with Crippen molar-refractivity contribution in [2.45, 2.75) is 19.8 Å². The minimum atomic E-state index is -0.174. The molecule has 2 N–H and O–H groups in total. The highest BCUT2D eigenvalue weighted by Crippen LogP contribution is 2.24. The predicted octanol–water partition coefficient (Wildman–Crippen LogP) is 3.15. The van der Waals surface area contributed by atoms with Crippen LogP contribution in [0.15, 0.2) is 23.6 Å². The van der Waals surface area contributed by atoms with Crippen LogP contribution < -0.4 is 5.73 Å². The third kappa shape index (κ3) is 2.90. The zero-order valence-electron chi connectivity index (χ0n) is 9.74. The van der Waals surface area contributed by atoms with Crippen LogP contribution >= 0.6 is 11.3 Å². The van der Waals surface area contributed by atoms with E-state index < -0.39 is 0 Å². The van der Waals surface area contributed by atoms with Gasteiger partial charge in [-0.05, 0) is 43.7 Å². The number of benzene rings is 1. The number of thiazole rings is 1. The molecule has 2 nitrogen and oxygen atoms in total. The average Bonchev–Trinajstić information content (AvgIpc) is 2.79. The highest BCUT2D eigenvalue weighted by molar-refractivity contribution is 7.09. The standard InChI is InChI=1S/C13H15FN2S/c1-9-7-10(4-5-11(9)14)12-8-17-13(16-12)3-2-6-15/h4-5,7-8H,2-3,6,15H2,1H3. The monoisotopic (exact) mass is 250 g/mol. The van der Waals surface area contributed by atoms with Crippen molar-refractivity contribution >= 4 is 11.3 Å². The van der Waals surface area contributed by atoms with Crippen LogP contribution in [-0.4, -0.2) is 11.5 Å². The lowest BCUT2D eigenvalue weighted by Crippen LogP contribution is -1.99. The van der Waals surface area contributed by atoms with Crippen molar-refractivity contribution in [1.29, 1.82) is 0 Å². The molecule has 4 heteroatoms. The number of aryl methyl sites for hydroxylation is 2. The molecule has 1 aromatic heterocycles. The van der Waals surface area contributed by atoms with E-state index in [1.54, 1.807) is 24.3 Å². The Morgan fingerprint density at radius 1 is 1.41 bits per heavy atom. The Labute approximate surface area is 104 Å². The summed E-state index contributed by atoms with van der Waals surface area (Å²) >= 11 is 1.63. The van der Waals surface area contributed by atoms with Gasteiger partial charge in [0.1, 0.15) is 5.82 Å². The molecule has 2 rings (SSSR count). The Morgan fingerprint density at radius 3 is 2.94 bits per heavy atom. The van der Waals surface area contributed by atoms with Gasteiger partial charge < -0.3 is 5.73 Å². The Kier molecular flexibility index (Phi) is 3.86. The van der Waals surface area contributed by atoms with Crippen LogP contribution in [-0.2, 0) is 6.42 Å². The summed E-state index contributed by atoms with van der Waals surface area (Å²) in [5, 5.41) is 3.10. The largest absolute Gasteiger partial charge is 0.330 e. The minimum Gasteiger partial charge on any atom is -0.330 e. The number of hydrogen-bond acceptors (Lipinski definition) is 3. The predicted molar refractivity (Wildman–Crippen MR) is 69.6 cm³/mol. The third-order valence-electron chi connectivity index (χ3n) is 2.60. The molecule has 0 radical (unpaired) electrons. The van der Waals surface area contributed by atoms with Crippen molar-refractivity contribution in [3.05, 3.63) is 40.0 Å². The van der Waals surface area contributed by atoms with Crippen LogP contribution in [0.3, 0.4) is 0 Å². The van der Waals surface area contributed by atoms with Crippen molar-refractivity contribution in [3.8, 4) is 11.3 Å². The second kappa shape index (κ2) is 5.38. The van der Waals surface area contributed by atoms with Crippen molar-refractivity contribution in [1.82, 2.24) is 4.98 Å². The van der Waals surface area contributed by atoms with E-state index in [1.165, 1.54) is 6.07 Å². The number of nitrogens with two attached hydrogens (primary N) is 1. The molecule has 0 aliphatic rings. The lowest BCUT2D eigenvalue weighted by molar-refractivity contribution is 0.619. The topological polar surface area (TPSA) is 38.9 Å². The zero-order valence-corrected chi connectivity index (χ0v) is 10.6. The SMILES string of the molecule is Cc1cc(-c2csc(CCCN)n2)ccc1F. The van der Waals surface area contributed by atoms with E-state index in [1.807, 2.05) is 11.4 Å².